The predicted octanol–water partition coefficient (Wildman–Crippen LogP) is 5.59. The minimum absolute atomic E-state index is 0.0544. The Morgan fingerprint density at radius 1 is 0.800 bits per heavy atom. The second kappa shape index (κ2) is 14.9. The topological polar surface area (TPSA) is 96.0 Å². The fourth-order valence-corrected chi connectivity index (χ4v) is 7.13. The summed E-state index contributed by atoms with van der Waals surface area (Å²) < 4.78 is 34.5. The number of sulfonamides is 1. The lowest BCUT2D eigenvalue weighted by molar-refractivity contribution is -0.140. The predicted molar refractivity (Wildman–Crippen MR) is 175 cm³/mol. The van der Waals surface area contributed by atoms with Crippen molar-refractivity contribution >= 4 is 27.5 Å². The number of benzene rings is 4. The van der Waals surface area contributed by atoms with Gasteiger partial charge in [0.25, 0.3) is 10.0 Å². The minimum atomic E-state index is -4.15. The summed E-state index contributed by atoms with van der Waals surface area (Å²) in [5, 5.41) is 3.20. The van der Waals surface area contributed by atoms with Gasteiger partial charge >= 0.3 is 0 Å². The number of amides is 2. The van der Waals surface area contributed by atoms with Crippen molar-refractivity contribution in [1.82, 2.24) is 10.2 Å². The normalized spacial score (nSPS) is 14.0. The van der Waals surface area contributed by atoms with Gasteiger partial charge in [-0.25, -0.2) is 8.42 Å². The summed E-state index contributed by atoms with van der Waals surface area (Å²) in [6.07, 6.45) is 4.18. The average molecular weight is 626 g/mol. The van der Waals surface area contributed by atoms with Crippen molar-refractivity contribution in [3.8, 4) is 5.75 Å². The van der Waals surface area contributed by atoms with Crippen molar-refractivity contribution in [2.45, 2.75) is 55.6 Å². The number of carbonyl (C=O) groups excluding carboxylic acids is 2. The average Bonchev–Trinajstić information content (AvgIpc) is 3.59. The molecule has 45 heavy (non-hydrogen) atoms. The van der Waals surface area contributed by atoms with Crippen molar-refractivity contribution in [2.75, 3.05) is 18.0 Å². The lowest BCUT2D eigenvalue weighted by Gasteiger charge is -2.34. The molecule has 9 heteroatoms. The van der Waals surface area contributed by atoms with Crippen molar-refractivity contribution in [3.63, 3.8) is 0 Å². The Balaban J connectivity index is 1.54. The fraction of sp³-hybridized carbons (Fsp3) is 0.278. The highest BCUT2D eigenvalue weighted by atomic mass is 32.2. The maximum absolute atomic E-state index is 14.5. The molecule has 1 aliphatic carbocycles. The van der Waals surface area contributed by atoms with E-state index in [0.717, 1.165) is 41.1 Å². The Labute approximate surface area is 265 Å². The van der Waals surface area contributed by atoms with E-state index in [9.17, 15) is 18.0 Å². The van der Waals surface area contributed by atoms with E-state index in [-0.39, 0.29) is 29.8 Å². The smallest absolute Gasteiger partial charge is 0.264 e. The van der Waals surface area contributed by atoms with Crippen LogP contribution in [0, 0.1) is 0 Å². The number of nitrogens with one attached hydrogen (secondary N) is 1. The van der Waals surface area contributed by atoms with Gasteiger partial charge in [0.15, 0.2) is 0 Å². The fourth-order valence-electron chi connectivity index (χ4n) is 5.70. The molecule has 0 aromatic heterocycles. The van der Waals surface area contributed by atoms with Crippen LogP contribution < -0.4 is 14.4 Å². The molecule has 0 saturated heterocycles. The number of nitrogens with zero attached hydrogens (tertiary/aromatic N) is 2. The lowest BCUT2D eigenvalue weighted by atomic mass is 10.0. The first-order valence-corrected chi connectivity index (χ1v) is 16.7. The molecule has 1 atom stereocenters. The third kappa shape index (κ3) is 8.10. The van der Waals surface area contributed by atoms with Gasteiger partial charge in [-0.1, -0.05) is 91.7 Å². The summed E-state index contributed by atoms with van der Waals surface area (Å²) in [6.45, 7) is -0.366. The molecule has 5 rings (SSSR count). The number of hydrogen-bond acceptors (Lipinski definition) is 5. The maximum Gasteiger partial charge on any atom is 0.264 e. The quantitative estimate of drug-likeness (QED) is 0.209. The lowest BCUT2D eigenvalue weighted by Crippen LogP contribution is -2.54. The van der Waals surface area contributed by atoms with Crippen LogP contribution in [-0.4, -0.2) is 50.9 Å². The molecule has 0 radical (unpaired) electrons. The second-order valence-electron chi connectivity index (χ2n) is 11.2. The van der Waals surface area contributed by atoms with E-state index in [2.05, 4.69) is 5.32 Å². The molecule has 1 N–H and O–H groups in total. The van der Waals surface area contributed by atoms with Crippen LogP contribution in [-0.2, 0) is 32.6 Å². The molecule has 234 valence electrons. The number of rotatable bonds is 13. The summed E-state index contributed by atoms with van der Waals surface area (Å²) in [6, 6.07) is 32.8. The van der Waals surface area contributed by atoms with Gasteiger partial charge in [0.05, 0.1) is 17.7 Å². The number of hydrogen-bond donors (Lipinski definition) is 1. The zero-order chi connectivity index (χ0) is 31.6. The van der Waals surface area contributed by atoms with Crippen LogP contribution in [0.3, 0.4) is 0 Å². The van der Waals surface area contributed by atoms with Crippen LogP contribution in [0.1, 0.15) is 36.8 Å². The Morgan fingerprint density at radius 3 is 1.93 bits per heavy atom. The number of carbonyl (C=O) groups is 2. The van der Waals surface area contributed by atoms with Crippen LogP contribution in [0.15, 0.2) is 120 Å². The van der Waals surface area contributed by atoms with Crippen LogP contribution in [0.2, 0.25) is 0 Å². The summed E-state index contributed by atoms with van der Waals surface area (Å²) >= 11 is 0. The SMILES string of the molecule is COc1ccc(N(CC(=O)N(Cc2ccccc2)C(Cc2ccccc2)C(=O)NC2CCCC2)S(=O)(=O)c2ccccc2)cc1. The summed E-state index contributed by atoms with van der Waals surface area (Å²) in [7, 11) is -2.62. The summed E-state index contributed by atoms with van der Waals surface area (Å²) in [5.74, 6) is -0.173. The number of ether oxygens (including phenoxy) is 1. The monoisotopic (exact) mass is 625 g/mol. The van der Waals surface area contributed by atoms with Gasteiger partial charge in [-0.15, -0.1) is 0 Å². The zero-order valence-corrected chi connectivity index (χ0v) is 26.2. The van der Waals surface area contributed by atoms with Gasteiger partial charge in [0.2, 0.25) is 11.8 Å². The Morgan fingerprint density at radius 2 is 1.36 bits per heavy atom. The Kier molecular flexibility index (Phi) is 10.5. The minimum Gasteiger partial charge on any atom is -0.497 e. The molecule has 8 nitrogen and oxygen atoms in total. The highest BCUT2D eigenvalue weighted by molar-refractivity contribution is 7.92. The molecule has 0 aliphatic heterocycles. The molecule has 4 aromatic rings. The molecule has 1 unspecified atom stereocenters. The molecule has 1 saturated carbocycles. The zero-order valence-electron chi connectivity index (χ0n) is 25.4. The van der Waals surface area contributed by atoms with Crippen LogP contribution in [0.5, 0.6) is 5.75 Å². The van der Waals surface area contributed by atoms with Crippen molar-refractivity contribution in [1.29, 1.82) is 0 Å². The van der Waals surface area contributed by atoms with Gasteiger partial charge in [-0.2, -0.15) is 0 Å². The largest absolute Gasteiger partial charge is 0.497 e. The third-order valence-corrected chi connectivity index (χ3v) is 9.93. The molecule has 4 aromatic carbocycles. The van der Waals surface area contributed by atoms with Crippen molar-refractivity contribution in [2.24, 2.45) is 0 Å². The Hall–Kier alpha value is -4.63. The molecular weight excluding hydrogens is 586 g/mol. The van der Waals surface area contributed by atoms with E-state index in [1.807, 2.05) is 60.7 Å². The molecule has 1 aliphatic rings. The summed E-state index contributed by atoms with van der Waals surface area (Å²) in [4.78, 5) is 30.1. The molecule has 0 bridgehead atoms. The van der Waals surface area contributed by atoms with E-state index in [1.165, 1.54) is 24.1 Å². The number of anilines is 1. The van der Waals surface area contributed by atoms with Gasteiger partial charge in [0.1, 0.15) is 18.3 Å². The van der Waals surface area contributed by atoms with Crippen molar-refractivity contribution in [3.05, 3.63) is 126 Å². The van der Waals surface area contributed by atoms with Gasteiger partial charge in [-0.3, -0.25) is 13.9 Å². The Bertz CT molecular complexity index is 1640. The van der Waals surface area contributed by atoms with E-state index in [0.29, 0.717) is 11.4 Å². The molecular formula is C36H39N3O5S. The van der Waals surface area contributed by atoms with E-state index in [1.54, 1.807) is 42.5 Å². The maximum atomic E-state index is 14.5. The standard InChI is InChI=1S/C36H39N3O5S/c1-44-32-23-21-31(22-24-32)39(45(42,43)33-19-9-4-10-20-33)27-35(40)38(26-29-15-7-3-8-16-29)34(25-28-13-5-2-6-14-28)36(41)37-30-17-11-12-18-30/h2-10,13-16,19-24,30,34H,11-12,17-18,25-27H2,1H3,(H,37,41). The molecule has 0 heterocycles. The van der Waals surface area contributed by atoms with Crippen LogP contribution >= 0.6 is 0 Å². The molecule has 0 spiro atoms. The van der Waals surface area contributed by atoms with Gasteiger partial charge < -0.3 is 15.0 Å². The molecule has 2 amide bonds. The van der Waals surface area contributed by atoms with Crippen LogP contribution in [0.4, 0.5) is 5.69 Å². The van der Waals surface area contributed by atoms with E-state index in [4.69, 9.17) is 4.74 Å². The van der Waals surface area contributed by atoms with Gasteiger partial charge in [-0.05, 0) is 60.4 Å². The highest BCUT2D eigenvalue weighted by Crippen LogP contribution is 2.27. The highest BCUT2D eigenvalue weighted by Gasteiger charge is 2.35. The first kappa shape index (κ1) is 31.8. The van der Waals surface area contributed by atoms with Crippen LogP contribution in [0.25, 0.3) is 0 Å². The van der Waals surface area contributed by atoms with Crippen molar-refractivity contribution < 1.29 is 22.7 Å². The number of methoxy groups -OCH3 is 1. The van der Waals surface area contributed by atoms with E-state index < -0.39 is 28.5 Å². The first-order valence-electron chi connectivity index (χ1n) is 15.2. The summed E-state index contributed by atoms with van der Waals surface area (Å²) in [5.41, 5.74) is 2.04. The van der Waals surface area contributed by atoms with Gasteiger partial charge in [0, 0.05) is 19.0 Å². The second-order valence-corrected chi connectivity index (χ2v) is 13.1. The third-order valence-electron chi connectivity index (χ3n) is 8.14. The molecule has 1 fully saturated rings. The van der Waals surface area contributed by atoms with E-state index >= 15 is 0 Å². The first-order chi connectivity index (χ1) is 21.8.